The van der Waals surface area contributed by atoms with Crippen molar-refractivity contribution in [3.63, 3.8) is 0 Å². The Morgan fingerprint density at radius 2 is 2.24 bits per heavy atom. The second-order valence-corrected chi connectivity index (χ2v) is 6.50. The van der Waals surface area contributed by atoms with Gasteiger partial charge in [0.05, 0.1) is 10.8 Å². The predicted molar refractivity (Wildman–Crippen MR) is 81.5 cm³/mol. The third-order valence-corrected chi connectivity index (χ3v) is 4.97. The third-order valence-electron chi connectivity index (χ3n) is 3.09. The largest absolute Gasteiger partial charge is 0.480 e. The number of carbonyl (C=O) groups excluding carboxylic acids is 2. The maximum absolute atomic E-state index is 12.0. The fourth-order valence-corrected chi connectivity index (χ4v) is 3.78. The molecular formula is C13H16N2O4S2. The molecule has 1 aromatic rings. The van der Waals surface area contributed by atoms with Gasteiger partial charge >= 0.3 is 5.97 Å². The van der Waals surface area contributed by atoms with E-state index in [2.05, 4.69) is 5.32 Å². The highest BCUT2D eigenvalue weighted by Crippen LogP contribution is 2.22. The molecule has 0 spiro atoms. The molecule has 2 heterocycles. The van der Waals surface area contributed by atoms with Gasteiger partial charge in [-0.1, -0.05) is 6.07 Å². The third kappa shape index (κ3) is 4.21. The fourth-order valence-electron chi connectivity index (χ4n) is 1.97. The second-order valence-electron chi connectivity index (χ2n) is 4.55. The molecule has 2 N–H and O–H groups in total. The van der Waals surface area contributed by atoms with E-state index in [-0.39, 0.29) is 18.2 Å². The quantitative estimate of drug-likeness (QED) is 0.767. The molecule has 0 radical (unpaired) electrons. The maximum Gasteiger partial charge on any atom is 0.327 e. The van der Waals surface area contributed by atoms with Gasteiger partial charge in [0.25, 0.3) is 5.91 Å². The van der Waals surface area contributed by atoms with Crippen LogP contribution in [0.15, 0.2) is 17.5 Å². The number of nitrogens with one attached hydrogen (secondary N) is 1. The first-order valence-corrected chi connectivity index (χ1v) is 8.54. The molecule has 0 aliphatic carbocycles. The minimum atomic E-state index is -0.959. The second kappa shape index (κ2) is 7.46. The Hall–Kier alpha value is -1.54. The molecular weight excluding hydrogens is 312 g/mol. The van der Waals surface area contributed by atoms with Crippen molar-refractivity contribution >= 4 is 40.9 Å². The summed E-state index contributed by atoms with van der Waals surface area (Å²) in [4.78, 5) is 36.7. The Bertz CT molecular complexity index is 518. The topological polar surface area (TPSA) is 86.7 Å². The highest BCUT2D eigenvalue weighted by molar-refractivity contribution is 7.99. The van der Waals surface area contributed by atoms with Crippen molar-refractivity contribution in [3.8, 4) is 0 Å². The zero-order valence-corrected chi connectivity index (χ0v) is 12.9. The van der Waals surface area contributed by atoms with Crippen LogP contribution in [-0.4, -0.2) is 52.0 Å². The van der Waals surface area contributed by atoms with E-state index in [1.807, 2.05) is 5.38 Å². The lowest BCUT2D eigenvalue weighted by atomic mass is 10.2. The number of amides is 2. The molecule has 8 heteroatoms. The molecule has 1 saturated heterocycles. The maximum atomic E-state index is 12.0. The van der Waals surface area contributed by atoms with Crippen molar-refractivity contribution in [2.75, 3.05) is 18.2 Å². The Morgan fingerprint density at radius 1 is 1.43 bits per heavy atom. The van der Waals surface area contributed by atoms with E-state index < -0.39 is 12.0 Å². The number of rotatable bonds is 6. The highest BCUT2D eigenvalue weighted by Gasteiger charge is 2.33. The van der Waals surface area contributed by atoms with Gasteiger partial charge in [-0.15, -0.1) is 23.1 Å². The van der Waals surface area contributed by atoms with Crippen molar-refractivity contribution < 1.29 is 19.5 Å². The minimum absolute atomic E-state index is 0.141. The first kappa shape index (κ1) is 15.8. The number of carbonyl (C=O) groups is 3. The van der Waals surface area contributed by atoms with Crippen LogP contribution >= 0.6 is 23.1 Å². The Balaban J connectivity index is 1.70. The van der Waals surface area contributed by atoms with E-state index in [1.54, 1.807) is 12.1 Å². The number of carboxylic acids is 1. The van der Waals surface area contributed by atoms with Crippen LogP contribution in [0.2, 0.25) is 0 Å². The van der Waals surface area contributed by atoms with E-state index in [0.29, 0.717) is 29.5 Å². The van der Waals surface area contributed by atoms with Gasteiger partial charge in [0.15, 0.2) is 0 Å². The molecule has 1 unspecified atom stereocenters. The van der Waals surface area contributed by atoms with Gasteiger partial charge in [-0.25, -0.2) is 4.79 Å². The number of carboxylic acid groups (broad SMARTS) is 1. The van der Waals surface area contributed by atoms with Crippen molar-refractivity contribution in [2.45, 2.75) is 18.9 Å². The average Bonchev–Trinajstić information content (AvgIpc) is 3.12. The number of hydrogen-bond donors (Lipinski definition) is 2. The molecule has 1 aromatic heterocycles. The summed E-state index contributed by atoms with van der Waals surface area (Å²) in [7, 11) is 0. The summed E-state index contributed by atoms with van der Waals surface area (Å²) in [5, 5.41) is 13.6. The van der Waals surface area contributed by atoms with Gasteiger partial charge < -0.3 is 15.3 Å². The van der Waals surface area contributed by atoms with Crippen LogP contribution in [-0.2, 0) is 9.59 Å². The lowest BCUT2D eigenvalue weighted by molar-refractivity contribution is -0.147. The lowest BCUT2D eigenvalue weighted by Gasteiger charge is -2.20. The predicted octanol–water partition coefficient (Wildman–Crippen LogP) is 1.24. The number of aliphatic carboxylic acids is 1. The summed E-state index contributed by atoms with van der Waals surface area (Å²) in [6, 6.07) is 2.83. The fraction of sp³-hybridized carbons (Fsp3) is 0.462. The molecule has 0 aromatic carbocycles. The summed E-state index contributed by atoms with van der Waals surface area (Å²) in [5.41, 5.74) is 0. The van der Waals surface area contributed by atoms with Crippen LogP contribution in [0.3, 0.4) is 0 Å². The Kier molecular flexibility index (Phi) is 5.63. The lowest BCUT2D eigenvalue weighted by Crippen LogP contribution is -2.41. The first-order chi connectivity index (χ1) is 10.1. The first-order valence-electron chi connectivity index (χ1n) is 6.51. The number of hydrogen-bond acceptors (Lipinski definition) is 5. The molecule has 1 fully saturated rings. The van der Waals surface area contributed by atoms with Gasteiger partial charge in [0.2, 0.25) is 5.91 Å². The summed E-state index contributed by atoms with van der Waals surface area (Å²) < 4.78 is 0. The van der Waals surface area contributed by atoms with E-state index >= 15 is 0 Å². The van der Waals surface area contributed by atoms with Gasteiger partial charge in [-0.05, 0) is 17.9 Å². The molecule has 1 atom stereocenters. The molecule has 2 rings (SSSR count). The van der Waals surface area contributed by atoms with Crippen LogP contribution in [0.25, 0.3) is 0 Å². The van der Waals surface area contributed by atoms with Gasteiger partial charge in [-0.2, -0.15) is 0 Å². The molecule has 0 saturated carbocycles. The van der Waals surface area contributed by atoms with Crippen LogP contribution in [0.5, 0.6) is 0 Å². The summed E-state index contributed by atoms with van der Waals surface area (Å²) in [6.45, 7) is 0.404. The van der Waals surface area contributed by atoms with Crippen LogP contribution < -0.4 is 5.32 Å². The molecule has 114 valence electrons. The summed E-state index contributed by atoms with van der Waals surface area (Å²) in [5.74, 6) is -0.400. The molecule has 2 amide bonds. The molecule has 1 aliphatic heterocycles. The standard InChI is InChI=1S/C13H16N2O4S2/c16-11(15-8-20-7-9(15)13(18)19)4-1-5-14-12(17)10-3-2-6-21-10/h2-3,6,9H,1,4-5,7-8H2,(H,14,17)(H,18,19). The smallest absolute Gasteiger partial charge is 0.327 e. The van der Waals surface area contributed by atoms with E-state index in [0.717, 1.165) is 0 Å². The van der Waals surface area contributed by atoms with E-state index in [1.165, 1.54) is 28.0 Å². The van der Waals surface area contributed by atoms with Crippen LogP contribution in [0.1, 0.15) is 22.5 Å². The van der Waals surface area contributed by atoms with Crippen molar-refractivity contribution in [1.29, 1.82) is 0 Å². The van der Waals surface area contributed by atoms with Crippen molar-refractivity contribution in [3.05, 3.63) is 22.4 Å². The zero-order valence-electron chi connectivity index (χ0n) is 11.3. The minimum Gasteiger partial charge on any atom is -0.480 e. The SMILES string of the molecule is O=C(NCCCC(=O)N1CSCC1C(=O)O)c1cccs1. The molecule has 1 aliphatic rings. The van der Waals surface area contributed by atoms with Crippen molar-refractivity contribution in [1.82, 2.24) is 10.2 Å². The number of thioether (sulfide) groups is 1. The van der Waals surface area contributed by atoms with E-state index in [9.17, 15) is 14.4 Å². The average molecular weight is 328 g/mol. The molecule has 21 heavy (non-hydrogen) atoms. The number of thiophene rings is 1. The molecule has 6 nitrogen and oxygen atoms in total. The highest BCUT2D eigenvalue weighted by atomic mass is 32.2. The molecule has 0 bridgehead atoms. The summed E-state index contributed by atoms with van der Waals surface area (Å²) in [6.07, 6.45) is 0.749. The van der Waals surface area contributed by atoms with Crippen molar-refractivity contribution in [2.24, 2.45) is 0 Å². The normalized spacial score (nSPS) is 17.7. The monoisotopic (exact) mass is 328 g/mol. The van der Waals surface area contributed by atoms with Gasteiger partial charge in [0, 0.05) is 18.7 Å². The van der Waals surface area contributed by atoms with E-state index in [4.69, 9.17) is 5.11 Å². The van der Waals surface area contributed by atoms with Crippen LogP contribution in [0.4, 0.5) is 0 Å². The van der Waals surface area contributed by atoms with Gasteiger partial charge in [-0.3, -0.25) is 9.59 Å². The Labute approximate surface area is 130 Å². The van der Waals surface area contributed by atoms with Gasteiger partial charge in [0.1, 0.15) is 6.04 Å². The Morgan fingerprint density at radius 3 is 2.90 bits per heavy atom. The summed E-state index contributed by atoms with van der Waals surface area (Å²) >= 11 is 2.81. The van der Waals surface area contributed by atoms with Crippen LogP contribution in [0, 0.1) is 0 Å². The zero-order chi connectivity index (χ0) is 15.2. The number of nitrogens with zero attached hydrogens (tertiary/aromatic N) is 1.